The van der Waals surface area contributed by atoms with Gasteiger partial charge in [0.05, 0.1) is 5.54 Å². The smallest absolute Gasteiger partial charge is 0.183 e. The maximum atomic E-state index is 12.8. The molecule has 18 heavy (non-hydrogen) atoms. The zero-order valence-electron chi connectivity index (χ0n) is 11.7. The molecule has 2 nitrogen and oxygen atoms in total. The molecule has 0 saturated carbocycles. The van der Waals surface area contributed by atoms with Gasteiger partial charge in [0, 0.05) is 5.56 Å². The number of nitrogens with one attached hydrogen (secondary N) is 1. The average molecular weight is 245 g/mol. The summed E-state index contributed by atoms with van der Waals surface area (Å²) in [5.74, 6) is 0.291. The SMILES string of the molecule is CCCC1(C(=O)c2ccc(C)cc2C)CCCN1. The second-order valence-electron chi connectivity index (χ2n) is 5.51. The van der Waals surface area contributed by atoms with Gasteiger partial charge < -0.3 is 5.32 Å². The van der Waals surface area contributed by atoms with Gasteiger partial charge in [0.1, 0.15) is 0 Å². The lowest BCUT2D eigenvalue weighted by molar-refractivity contribution is 0.0857. The highest BCUT2D eigenvalue weighted by atomic mass is 16.1. The van der Waals surface area contributed by atoms with Crippen LogP contribution in [0, 0.1) is 13.8 Å². The number of hydrogen-bond acceptors (Lipinski definition) is 2. The molecule has 1 aromatic carbocycles. The highest BCUT2D eigenvalue weighted by molar-refractivity contribution is 6.04. The molecule has 2 rings (SSSR count). The summed E-state index contributed by atoms with van der Waals surface area (Å²) in [6, 6.07) is 6.13. The van der Waals surface area contributed by atoms with Gasteiger partial charge in [-0.1, -0.05) is 37.1 Å². The Balaban J connectivity index is 2.34. The summed E-state index contributed by atoms with van der Waals surface area (Å²) in [5.41, 5.74) is 2.91. The highest BCUT2D eigenvalue weighted by Crippen LogP contribution is 2.30. The van der Waals surface area contributed by atoms with E-state index in [9.17, 15) is 4.79 Å². The van der Waals surface area contributed by atoms with Crippen molar-refractivity contribution in [2.24, 2.45) is 0 Å². The van der Waals surface area contributed by atoms with Crippen molar-refractivity contribution in [1.82, 2.24) is 5.32 Å². The monoisotopic (exact) mass is 245 g/mol. The molecule has 1 fully saturated rings. The topological polar surface area (TPSA) is 29.1 Å². The van der Waals surface area contributed by atoms with Crippen molar-refractivity contribution in [2.75, 3.05) is 6.54 Å². The Morgan fingerprint density at radius 1 is 1.39 bits per heavy atom. The minimum absolute atomic E-state index is 0.291. The van der Waals surface area contributed by atoms with Crippen LogP contribution in [-0.2, 0) is 0 Å². The quantitative estimate of drug-likeness (QED) is 0.824. The van der Waals surface area contributed by atoms with Gasteiger partial charge in [-0.3, -0.25) is 4.79 Å². The van der Waals surface area contributed by atoms with Crippen LogP contribution in [0.4, 0.5) is 0 Å². The van der Waals surface area contributed by atoms with Gasteiger partial charge in [0.25, 0.3) is 0 Å². The third-order valence-electron chi connectivity index (χ3n) is 3.98. The minimum atomic E-state index is -0.297. The van der Waals surface area contributed by atoms with E-state index in [4.69, 9.17) is 0 Å². The molecular formula is C16H23NO. The van der Waals surface area contributed by atoms with E-state index in [1.54, 1.807) is 0 Å². The zero-order chi connectivity index (χ0) is 13.2. The van der Waals surface area contributed by atoms with Gasteiger partial charge in [-0.2, -0.15) is 0 Å². The molecule has 98 valence electrons. The first-order valence-corrected chi connectivity index (χ1v) is 6.96. The van der Waals surface area contributed by atoms with Crippen LogP contribution in [0.1, 0.15) is 54.1 Å². The zero-order valence-corrected chi connectivity index (χ0v) is 11.7. The molecular weight excluding hydrogens is 222 g/mol. The van der Waals surface area contributed by atoms with E-state index in [-0.39, 0.29) is 5.54 Å². The molecule has 2 heteroatoms. The number of benzene rings is 1. The number of carbonyl (C=O) groups excluding carboxylic acids is 1. The van der Waals surface area contributed by atoms with Crippen LogP contribution in [0.15, 0.2) is 18.2 Å². The fraction of sp³-hybridized carbons (Fsp3) is 0.562. The molecule has 0 aliphatic carbocycles. The fourth-order valence-electron chi connectivity index (χ4n) is 3.08. The summed E-state index contributed by atoms with van der Waals surface area (Å²) in [7, 11) is 0. The van der Waals surface area contributed by atoms with Gasteiger partial charge >= 0.3 is 0 Å². The Hall–Kier alpha value is -1.15. The largest absolute Gasteiger partial charge is 0.305 e. The van der Waals surface area contributed by atoms with Crippen molar-refractivity contribution in [3.63, 3.8) is 0 Å². The standard InChI is InChI=1S/C16H23NO/c1-4-8-16(9-5-10-17-16)15(18)14-7-6-12(2)11-13(14)3/h6-7,11,17H,4-5,8-10H2,1-3H3. The Morgan fingerprint density at radius 2 is 2.17 bits per heavy atom. The van der Waals surface area contributed by atoms with Crippen LogP contribution >= 0.6 is 0 Å². The predicted molar refractivity (Wildman–Crippen MR) is 75.1 cm³/mol. The van der Waals surface area contributed by atoms with Crippen molar-refractivity contribution < 1.29 is 4.79 Å². The number of hydrogen-bond donors (Lipinski definition) is 1. The van der Waals surface area contributed by atoms with Crippen molar-refractivity contribution in [2.45, 2.75) is 52.0 Å². The maximum absolute atomic E-state index is 12.8. The normalized spacial score (nSPS) is 23.3. The van der Waals surface area contributed by atoms with Crippen molar-refractivity contribution in [3.8, 4) is 0 Å². The lowest BCUT2D eigenvalue weighted by Crippen LogP contribution is -2.47. The first kappa shape index (κ1) is 13.3. The summed E-state index contributed by atoms with van der Waals surface area (Å²) < 4.78 is 0. The molecule has 1 N–H and O–H groups in total. The van der Waals surface area contributed by atoms with Gasteiger partial charge in [0.2, 0.25) is 0 Å². The first-order valence-electron chi connectivity index (χ1n) is 6.96. The van der Waals surface area contributed by atoms with E-state index < -0.39 is 0 Å². The van der Waals surface area contributed by atoms with Gasteiger partial charge in [-0.05, 0) is 45.2 Å². The Kier molecular flexibility index (Phi) is 3.86. The molecule has 1 atom stereocenters. The summed E-state index contributed by atoms with van der Waals surface area (Å²) >= 11 is 0. The first-order chi connectivity index (χ1) is 8.59. The second-order valence-corrected chi connectivity index (χ2v) is 5.51. The van der Waals surface area contributed by atoms with E-state index in [1.807, 2.05) is 19.1 Å². The number of aryl methyl sites for hydroxylation is 2. The summed E-state index contributed by atoms with van der Waals surface area (Å²) in [6.45, 7) is 7.22. The molecule has 1 aliphatic rings. The Morgan fingerprint density at radius 3 is 2.72 bits per heavy atom. The molecule has 0 bridgehead atoms. The second kappa shape index (κ2) is 5.23. The van der Waals surface area contributed by atoms with Crippen LogP contribution < -0.4 is 5.32 Å². The van der Waals surface area contributed by atoms with Crippen LogP contribution in [0.25, 0.3) is 0 Å². The number of Topliss-reactive ketones (excluding diaryl/α,β-unsaturated/α-hetero) is 1. The Bertz CT molecular complexity index is 444. The maximum Gasteiger partial charge on any atom is 0.183 e. The highest BCUT2D eigenvalue weighted by Gasteiger charge is 2.40. The van der Waals surface area contributed by atoms with Crippen LogP contribution in [0.2, 0.25) is 0 Å². The molecule has 1 heterocycles. The third-order valence-corrected chi connectivity index (χ3v) is 3.98. The van der Waals surface area contributed by atoms with E-state index in [1.165, 1.54) is 5.56 Å². The molecule has 0 aromatic heterocycles. The van der Waals surface area contributed by atoms with E-state index >= 15 is 0 Å². The molecule has 1 saturated heterocycles. The number of carbonyl (C=O) groups is 1. The lowest BCUT2D eigenvalue weighted by Gasteiger charge is -2.28. The van der Waals surface area contributed by atoms with Crippen molar-refractivity contribution in [3.05, 3.63) is 34.9 Å². The predicted octanol–water partition coefficient (Wildman–Crippen LogP) is 3.41. The molecule has 1 aromatic rings. The minimum Gasteiger partial charge on any atom is -0.305 e. The summed E-state index contributed by atoms with van der Waals surface area (Å²) in [5, 5.41) is 3.46. The van der Waals surface area contributed by atoms with E-state index in [0.29, 0.717) is 5.78 Å². The van der Waals surface area contributed by atoms with E-state index in [2.05, 4.69) is 25.2 Å². The van der Waals surface area contributed by atoms with Crippen molar-refractivity contribution >= 4 is 5.78 Å². The molecule has 0 spiro atoms. The molecule has 0 radical (unpaired) electrons. The van der Waals surface area contributed by atoms with Crippen LogP contribution in [0.5, 0.6) is 0 Å². The van der Waals surface area contributed by atoms with Crippen LogP contribution in [-0.4, -0.2) is 17.9 Å². The third kappa shape index (κ3) is 2.35. The molecule has 0 amide bonds. The Labute approximate surface area is 110 Å². The fourth-order valence-corrected chi connectivity index (χ4v) is 3.08. The number of rotatable bonds is 4. The summed E-state index contributed by atoms with van der Waals surface area (Å²) in [6.07, 6.45) is 4.08. The average Bonchev–Trinajstić information content (AvgIpc) is 2.78. The van der Waals surface area contributed by atoms with E-state index in [0.717, 1.165) is 43.4 Å². The molecule has 1 aliphatic heterocycles. The lowest BCUT2D eigenvalue weighted by atomic mass is 9.82. The van der Waals surface area contributed by atoms with Gasteiger partial charge in [-0.25, -0.2) is 0 Å². The summed E-state index contributed by atoms with van der Waals surface area (Å²) in [4.78, 5) is 12.8. The van der Waals surface area contributed by atoms with Gasteiger partial charge in [0.15, 0.2) is 5.78 Å². The van der Waals surface area contributed by atoms with Crippen LogP contribution in [0.3, 0.4) is 0 Å². The van der Waals surface area contributed by atoms with Gasteiger partial charge in [-0.15, -0.1) is 0 Å². The number of ketones is 1. The van der Waals surface area contributed by atoms with Crippen molar-refractivity contribution in [1.29, 1.82) is 0 Å². The molecule has 1 unspecified atom stereocenters.